The Morgan fingerprint density at radius 1 is 1.23 bits per heavy atom. The van der Waals surface area contributed by atoms with E-state index in [4.69, 9.17) is 0 Å². The van der Waals surface area contributed by atoms with Crippen molar-refractivity contribution >= 4 is 39.0 Å². The molecule has 3 rings (SSSR count). The Morgan fingerprint density at radius 2 is 1.97 bits per heavy atom. The molecule has 3 heterocycles. The predicted octanol–water partition coefficient (Wildman–Crippen LogP) is 2.60. The predicted molar refractivity (Wildman–Crippen MR) is 133 cm³/mol. The Balaban J connectivity index is 1.74. The second-order valence-corrected chi connectivity index (χ2v) is 12.6. The first-order valence-electron chi connectivity index (χ1n) is 11.5. The van der Waals surface area contributed by atoms with Gasteiger partial charge in [-0.2, -0.15) is 15.6 Å². The SMILES string of the molecule is C[C@@H]1CC[C@H](NC(=O)[C@H](CC(C)(C)C)NC(=O)c2ccsc2)C(=O)CN1S(=O)(=O)c1ccccn1. The lowest BCUT2D eigenvalue weighted by molar-refractivity contribution is -0.129. The van der Waals surface area contributed by atoms with Gasteiger partial charge in [0.15, 0.2) is 10.8 Å². The molecule has 11 heteroatoms. The van der Waals surface area contributed by atoms with E-state index in [1.54, 1.807) is 35.9 Å². The van der Waals surface area contributed by atoms with Crippen molar-refractivity contribution in [3.63, 3.8) is 0 Å². The van der Waals surface area contributed by atoms with E-state index in [1.807, 2.05) is 20.8 Å². The number of aromatic nitrogens is 1. The van der Waals surface area contributed by atoms with Crippen molar-refractivity contribution < 1.29 is 22.8 Å². The van der Waals surface area contributed by atoms with Crippen LogP contribution < -0.4 is 10.6 Å². The number of nitrogens with one attached hydrogen (secondary N) is 2. The second kappa shape index (κ2) is 11.0. The quantitative estimate of drug-likeness (QED) is 0.578. The molecule has 0 saturated carbocycles. The summed E-state index contributed by atoms with van der Waals surface area (Å²) in [7, 11) is -3.97. The maximum atomic E-state index is 13.2. The van der Waals surface area contributed by atoms with Crippen molar-refractivity contribution in [3.05, 3.63) is 46.8 Å². The van der Waals surface area contributed by atoms with Crippen molar-refractivity contribution in [3.8, 4) is 0 Å². The molecule has 0 radical (unpaired) electrons. The first-order chi connectivity index (χ1) is 16.4. The maximum Gasteiger partial charge on any atom is 0.261 e. The molecule has 1 saturated heterocycles. The van der Waals surface area contributed by atoms with E-state index in [1.165, 1.54) is 23.6 Å². The number of sulfonamides is 1. The zero-order valence-electron chi connectivity index (χ0n) is 20.4. The highest BCUT2D eigenvalue weighted by Gasteiger charge is 2.38. The van der Waals surface area contributed by atoms with Gasteiger partial charge in [0, 0.05) is 17.6 Å². The fourth-order valence-electron chi connectivity index (χ4n) is 3.96. The van der Waals surface area contributed by atoms with Gasteiger partial charge in [-0.1, -0.05) is 26.8 Å². The maximum absolute atomic E-state index is 13.2. The molecule has 0 bridgehead atoms. The van der Waals surface area contributed by atoms with Crippen LogP contribution in [0.3, 0.4) is 0 Å². The fourth-order valence-corrected chi connectivity index (χ4v) is 6.15. The summed E-state index contributed by atoms with van der Waals surface area (Å²) in [5.74, 6) is -1.22. The molecule has 190 valence electrons. The van der Waals surface area contributed by atoms with E-state index in [-0.39, 0.29) is 22.9 Å². The molecule has 0 spiro atoms. The second-order valence-electron chi connectivity index (χ2n) is 9.97. The van der Waals surface area contributed by atoms with Gasteiger partial charge < -0.3 is 10.6 Å². The van der Waals surface area contributed by atoms with Gasteiger partial charge in [0.1, 0.15) is 6.04 Å². The van der Waals surface area contributed by atoms with Crippen molar-refractivity contribution in [2.45, 2.75) is 70.1 Å². The molecule has 0 aliphatic carbocycles. The third kappa shape index (κ3) is 6.96. The number of nitrogens with zero attached hydrogens (tertiary/aromatic N) is 2. The van der Waals surface area contributed by atoms with E-state index in [0.29, 0.717) is 24.8 Å². The Hall–Kier alpha value is -2.63. The molecule has 2 amide bonds. The number of thiophene rings is 1. The number of hydrogen-bond acceptors (Lipinski definition) is 7. The van der Waals surface area contributed by atoms with Crippen LogP contribution in [0.25, 0.3) is 0 Å². The Morgan fingerprint density at radius 3 is 2.57 bits per heavy atom. The van der Waals surface area contributed by atoms with Crippen molar-refractivity contribution in [1.29, 1.82) is 0 Å². The van der Waals surface area contributed by atoms with Crippen molar-refractivity contribution in [1.82, 2.24) is 19.9 Å². The lowest BCUT2D eigenvalue weighted by atomic mass is 9.87. The number of pyridine rings is 1. The van der Waals surface area contributed by atoms with E-state index in [9.17, 15) is 22.8 Å². The standard InChI is InChI=1S/C24H32N4O5S2/c1-16-8-9-18(20(29)14-28(16)35(32,33)21-7-5-6-11-25-21)26-23(31)19(13-24(2,3)4)27-22(30)17-10-12-34-15-17/h5-7,10-12,15-16,18-19H,8-9,13-14H2,1-4H3,(H,26,31)(H,27,30)/t16-,18+,19+/m1/s1. The zero-order valence-corrected chi connectivity index (χ0v) is 22.0. The van der Waals surface area contributed by atoms with E-state index >= 15 is 0 Å². The Bertz CT molecular complexity index is 1140. The normalized spacial score (nSPS) is 20.6. The average Bonchev–Trinajstić information content (AvgIpc) is 3.29. The summed E-state index contributed by atoms with van der Waals surface area (Å²) in [5, 5.41) is 8.93. The summed E-state index contributed by atoms with van der Waals surface area (Å²) < 4.78 is 27.3. The number of carbonyl (C=O) groups excluding carboxylic acids is 3. The summed E-state index contributed by atoms with van der Waals surface area (Å²) in [5.41, 5.74) is 0.205. The summed E-state index contributed by atoms with van der Waals surface area (Å²) in [4.78, 5) is 42.8. The molecular formula is C24H32N4O5S2. The monoisotopic (exact) mass is 520 g/mol. The highest BCUT2D eigenvalue weighted by atomic mass is 32.2. The molecule has 2 aromatic rings. The molecular weight excluding hydrogens is 488 g/mol. The molecule has 1 aliphatic heterocycles. The number of amides is 2. The molecule has 35 heavy (non-hydrogen) atoms. The van der Waals surface area contributed by atoms with Crippen LogP contribution in [0.15, 0.2) is 46.2 Å². The molecule has 1 aliphatic rings. The summed E-state index contributed by atoms with van der Waals surface area (Å²) in [6.45, 7) is 7.26. The highest BCUT2D eigenvalue weighted by Crippen LogP contribution is 2.24. The number of ketones is 1. The third-order valence-electron chi connectivity index (χ3n) is 5.81. The summed E-state index contributed by atoms with van der Waals surface area (Å²) in [6, 6.07) is 4.12. The molecule has 1 fully saturated rings. The molecule has 0 aromatic carbocycles. The third-order valence-corrected chi connectivity index (χ3v) is 8.37. The van der Waals surface area contributed by atoms with Crippen LogP contribution in [0.4, 0.5) is 0 Å². The molecule has 2 aromatic heterocycles. The first-order valence-corrected chi connectivity index (χ1v) is 13.9. The van der Waals surface area contributed by atoms with Gasteiger partial charge in [-0.15, -0.1) is 0 Å². The van der Waals surface area contributed by atoms with E-state index in [0.717, 1.165) is 4.31 Å². The molecule has 2 N–H and O–H groups in total. The van der Waals surface area contributed by atoms with Gasteiger partial charge in [0.25, 0.3) is 15.9 Å². The van der Waals surface area contributed by atoms with Crippen LogP contribution in [-0.4, -0.2) is 60.0 Å². The van der Waals surface area contributed by atoms with Gasteiger partial charge in [-0.3, -0.25) is 14.4 Å². The van der Waals surface area contributed by atoms with Gasteiger partial charge in [-0.05, 0) is 55.2 Å². The molecule has 0 unspecified atom stereocenters. The van der Waals surface area contributed by atoms with Gasteiger partial charge >= 0.3 is 0 Å². The molecule has 9 nitrogen and oxygen atoms in total. The van der Waals surface area contributed by atoms with Crippen LogP contribution >= 0.6 is 11.3 Å². The van der Waals surface area contributed by atoms with Gasteiger partial charge in [0.05, 0.1) is 18.2 Å². The van der Waals surface area contributed by atoms with Crippen molar-refractivity contribution in [2.24, 2.45) is 5.41 Å². The van der Waals surface area contributed by atoms with Crippen LogP contribution in [0.1, 0.15) is 57.3 Å². The zero-order chi connectivity index (χ0) is 25.8. The number of Topliss-reactive ketones (excluding diaryl/α,β-unsaturated/α-hetero) is 1. The highest BCUT2D eigenvalue weighted by molar-refractivity contribution is 7.89. The summed E-state index contributed by atoms with van der Waals surface area (Å²) >= 11 is 1.38. The van der Waals surface area contributed by atoms with E-state index < -0.39 is 39.8 Å². The Labute approximate surface area is 210 Å². The van der Waals surface area contributed by atoms with Gasteiger partial charge in [-0.25, -0.2) is 13.4 Å². The minimum absolute atomic E-state index is 0.122. The minimum atomic E-state index is -3.97. The fraction of sp³-hybridized carbons (Fsp3) is 0.500. The largest absolute Gasteiger partial charge is 0.344 e. The lowest BCUT2D eigenvalue weighted by Crippen LogP contribution is -2.53. The van der Waals surface area contributed by atoms with Crippen LogP contribution in [0.5, 0.6) is 0 Å². The smallest absolute Gasteiger partial charge is 0.261 e. The van der Waals surface area contributed by atoms with Crippen LogP contribution in [0, 0.1) is 5.41 Å². The number of carbonyl (C=O) groups is 3. The molecule has 3 atom stereocenters. The summed E-state index contributed by atoms with van der Waals surface area (Å²) in [6.07, 6.45) is 2.43. The Kier molecular flexibility index (Phi) is 8.45. The number of hydrogen-bond donors (Lipinski definition) is 2. The van der Waals surface area contributed by atoms with Crippen LogP contribution in [-0.2, 0) is 19.6 Å². The first kappa shape index (κ1) is 27.0. The number of rotatable bonds is 7. The average molecular weight is 521 g/mol. The van der Waals surface area contributed by atoms with Gasteiger partial charge in [0.2, 0.25) is 5.91 Å². The van der Waals surface area contributed by atoms with E-state index in [2.05, 4.69) is 15.6 Å². The lowest BCUT2D eigenvalue weighted by Gasteiger charge is -2.27. The van der Waals surface area contributed by atoms with Crippen LogP contribution in [0.2, 0.25) is 0 Å². The van der Waals surface area contributed by atoms with Crippen molar-refractivity contribution in [2.75, 3.05) is 6.54 Å². The topological polar surface area (TPSA) is 126 Å². The minimum Gasteiger partial charge on any atom is -0.344 e.